The Balaban J connectivity index is 1.76. The fourth-order valence-electron chi connectivity index (χ4n) is 2.67. The maximum Gasteiger partial charge on any atom is 0.390 e. The molecule has 0 N–H and O–H groups in total. The number of imidazole rings is 1. The van der Waals surface area contributed by atoms with E-state index in [1.165, 1.54) is 6.92 Å². The normalized spacial score (nSPS) is 21.9. The average molecular weight is 314 g/mol. The number of nitrogens with zero attached hydrogens (tertiary/aromatic N) is 2. The van der Waals surface area contributed by atoms with Gasteiger partial charge in [-0.2, -0.15) is 19.6 Å². The van der Waals surface area contributed by atoms with Crippen LogP contribution in [0.5, 0.6) is 0 Å². The summed E-state index contributed by atoms with van der Waals surface area (Å²) in [6.45, 7) is 5.64. The van der Waals surface area contributed by atoms with E-state index in [1.807, 2.05) is 10.8 Å². The lowest BCUT2D eigenvalue weighted by atomic mass is 10.5. The molecule has 0 amide bonds. The summed E-state index contributed by atoms with van der Waals surface area (Å²) in [5.41, 5.74) is -1.86. The van der Waals surface area contributed by atoms with Crippen LogP contribution in [0, 0.1) is 0 Å². The summed E-state index contributed by atoms with van der Waals surface area (Å²) < 4.78 is 7.65. The van der Waals surface area contributed by atoms with Crippen LogP contribution in [0.2, 0.25) is 6.04 Å². The summed E-state index contributed by atoms with van der Waals surface area (Å²) in [6.07, 6.45) is 6.11. The third-order valence-corrected chi connectivity index (χ3v) is 8.92. The van der Waals surface area contributed by atoms with Gasteiger partial charge in [0, 0.05) is 25.9 Å². The molecule has 8 nitrogen and oxygen atoms in total. The molecule has 1 aromatic heterocycles. The molecular weight excluding hydrogens is 296 g/mol. The van der Waals surface area contributed by atoms with Crippen molar-refractivity contribution < 1.29 is 28.8 Å². The Labute approximate surface area is 122 Å². The van der Waals surface area contributed by atoms with Crippen LogP contribution in [0.4, 0.5) is 0 Å². The van der Waals surface area contributed by atoms with E-state index in [4.69, 9.17) is 24.0 Å². The Hall–Kier alpha value is -1.26. The van der Waals surface area contributed by atoms with Crippen LogP contribution in [-0.4, -0.2) is 34.7 Å². The molecule has 21 heavy (non-hydrogen) atoms. The third kappa shape index (κ3) is 2.51. The fraction of sp³-hybridized carbons (Fsp3) is 0.667. The van der Waals surface area contributed by atoms with Gasteiger partial charge in [0.2, 0.25) is 0 Å². The summed E-state index contributed by atoms with van der Waals surface area (Å²) in [5.74, 6) is -0.384. The predicted molar refractivity (Wildman–Crippen MR) is 70.3 cm³/mol. The molecule has 0 atom stereocenters. The number of hydrogen-bond acceptors (Lipinski definition) is 7. The molecule has 2 aliphatic heterocycles. The highest BCUT2D eigenvalue weighted by molar-refractivity contribution is 6.80. The Morgan fingerprint density at radius 3 is 2.33 bits per heavy atom. The first-order valence-electron chi connectivity index (χ1n) is 6.80. The number of rotatable bonds is 7. The lowest BCUT2D eigenvalue weighted by molar-refractivity contribution is -0.133. The second-order valence-corrected chi connectivity index (χ2v) is 9.72. The average Bonchev–Trinajstić information content (AvgIpc) is 3.29. The summed E-state index contributed by atoms with van der Waals surface area (Å²) in [4.78, 5) is 36.1. The maximum absolute atomic E-state index is 11.6. The summed E-state index contributed by atoms with van der Waals surface area (Å²) in [7, 11) is -2.95. The van der Waals surface area contributed by atoms with Crippen molar-refractivity contribution in [3.63, 3.8) is 0 Å². The topological polar surface area (TPSA) is 94.2 Å². The molecule has 0 unspecified atom stereocenters. The molecule has 1 aromatic rings. The highest BCUT2D eigenvalue weighted by atomic mass is 28.4. The van der Waals surface area contributed by atoms with Gasteiger partial charge < -0.3 is 8.99 Å². The van der Waals surface area contributed by atoms with E-state index in [1.54, 1.807) is 26.4 Å². The first kappa shape index (κ1) is 14.7. The Morgan fingerprint density at radius 2 is 1.90 bits per heavy atom. The molecule has 9 heteroatoms. The number of aryl methyl sites for hydroxylation is 1. The van der Waals surface area contributed by atoms with Crippen molar-refractivity contribution in [2.75, 3.05) is 0 Å². The van der Waals surface area contributed by atoms with Crippen LogP contribution in [0.3, 0.4) is 0 Å². The maximum atomic E-state index is 11.6. The van der Waals surface area contributed by atoms with Crippen LogP contribution < -0.4 is 0 Å². The van der Waals surface area contributed by atoms with E-state index in [2.05, 4.69) is 4.98 Å². The van der Waals surface area contributed by atoms with Gasteiger partial charge in [0.25, 0.3) is 16.8 Å². The van der Waals surface area contributed by atoms with E-state index < -0.39 is 19.1 Å². The van der Waals surface area contributed by atoms with Gasteiger partial charge in [-0.05, 0) is 26.3 Å². The molecule has 0 radical (unpaired) electrons. The smallest absolute Gasteiger partial charge is 0.390 e. The largest absolute Gasteiger partial charge is 0.507 e. The fourth-order valence-corrected chi connectivity index (χ4v) is 6.65. The molecule has 0 spiro atoms. The molecule has 3 heterocycles. The van der Waals surface area contributed by atoms with E-state index in [-0.39, 0.29) is 5.97 Å². The quantitative estimate of drug-likeness (QED) is 0.424. The highest BCUT2D eigenvalue weighted by Gasteiger charge is 2.82. The molecular formula is C12H18N2O6Si. The van der Waals surface area contributed by atoms with Crippen molar-refractivity contribution in [3.8, 4) is 0 Å². The highest BCUT2D eigenvalue weighted by Crippen LogP contribution is 2.54. The number of aromatic nitrogens is 2. The van der Waals surface area contributed by atoms with Crippen molar-refractivity contribution in [3.05, 3.63) is 18.7 Å². The van der Waals surface area contributed by atoms with Crippen molar-refractivity contribution in [1.29, 1.82) is 0 Å². The summed E-state index contributed by atoms with van der Waals surface area (Å²) in [5, 5.41) is 0. The van der Waals surface area contributed by atoms with Crippen molar-refractivity contribution in [2.45, 2.75) is 50.6 Å². The number of carbonyl (C=O) groups is 1. The van der Waals surface area contributed by atoms with Gasteiger partial charge in [-0.25, -0.2) is 4.98 Å². The van der Waals surface area contributed by atoms with E-state index in [9.17, 15) is 4.79 Å². The predicted octanol–water partition coefficient (Wildman–Crippen LogP) is 1.22. The molecule has 0 saturated carbocycles. The van der Waals surface area contributed by atoms with Crippen LogP contribution in [-0.2, 0) is 35.3 Å². The van der Waals surface area contributed by atoms with Gasteiger partial charge in [-0.3, -0.25) is 4.79 Å². The van der Waals surface area contributed by atoms with Crippen LogP contribution >= 0.6 is 0 Å². The van der Waals surface area contributed by atoms with Crippen molar-refractivity contribution >= 4 is 14.3 Å². The Bertz CT molecular complexity index is 508. The van der Waals surface area contributed by atoms with Crippen molar-refractivity contribution in [1.82, 2.24) is 9.55 Å². The van der Waals surface area contributed by atoms with Crippen LogP contribution in [0.15, 0.2) is 18.7 Å². The minimum absolute atomic E-state index is 0.384. The number of hydrogen-bond donors (Lipinski definition) is 0. The Morgan fingerprint density at radius 1 is 1.29 bits per heavy atom. The van der Waals surface area contributed by atoms with E-state index in [0.29, 0.717) is 6.04 Å². The van der Waals surface area contributed by atoms with Gasteiger partial charge in [-0.15, -0.1) is 0 Å². The molecule has 2 aliphatic rings. The molecule has 2 fully saturated rings. The molecule has 116 valence electrons. The zero-order valence-corrected chi connectivity index (χ0v) is 13.2. The SMILES string of the molecule is CC(=O)O[Si](CCCn1ccnc1)(C1(C)OO1)C1(C)OO1. The Kier molecular flexibility index (Phi) is 3.41. The van der Waals surface area contributed by atoms with Crippen LogP contribution in [0.25, 0.3) is 0 Å². The molecule has 0 aliphatic carbocycles. The first-order valence-corrected chi connectivity index (χ1v) is 8.91. The molecule has 2 saturated heterocycles. The zero-order valence-electron chi connectivity index (χ0n) is 12.2. The van der Waals surface area contributed by atoms with Crippen LogP contribution in [0.1, 0.15) is 27.2 Å². The van der Waals surface area contributed by atoms with Gasteiger partial charge in [-0.1, -0.05) is 0 Å². The van der Waals surface area contributed by atoms with Crippen molar-refractivity contribution in [2.24, 2.45) is 0 Å². The van der Waals surface area contributed by atoms with E-state index >= 15 is 0 Å². The molecule has 3 rings (SSSR count). The van der Waals surface area contributed by atoms with Gasteiger partial charge in [0.15, 0.2) is 0 Å². The second kappa shape index (κ2) is 4.89. The lowest BCUT2D eigenvalue weighted by Gasteiger charge is -2.31. The standard InChI is InChI=1S/C12H18N2O6Si/c1-10(15)16-21(11(2)17-18-11,12(3)19-20-12)8-4-6-14-7-5-13-9-14/h5,7,9H,4,6,8H2,1-3H3. The second-order valence-electron chi connectivity index (χ2n) is 5.55. The minimum Gasteiger partial charge on any atom is -0.507 e. The third-order valence-electron chi connectivity index (χ3n) is 3.96. The summed E-state index contributed by atoms with van der Waals surface area (Å²) >= 11 is 0. The zero-order chi connectivity index (χ0) is 15.1. The minimum atomic E-state index is -2.95. The monoisotopic (exact) mass is 314 g/mol. The number of carbonyl (C=O) groups excluding carboxylic acids is 1. The summed E-state index contributed by atoms with van der Waals surface area (Å²) in [6, 6.07) is 0.595. The molecule has 0 bridgehead atoms. The van der Waals surface area contributed by atoms with E-state index in [0.717, 1.165) is 13.0 Å². The molecule has 0 aromatic carbocycles. The van der Waals surface area contributed by atoms with Gasteiger partial charge in [0.05, 0.1) is 6.33 Å². The lowest BCUT2D eigenvalue weighted by Crippen LogP contribution is -2.63. The van der Waals surface area contributed by atoms with Gasteiger partial charge in [0.1, 0.15) is 0 Å². The van der Waals surface area contributed by atoms with Gasteiger partial charge >= 0.3 is 8.32 Å². The first-order chi connectivity index (χ1) is 9.91.